The maximum atomic E-state index is 12.1. The van der Waals surface area contributed by atoms with E-state index in [1.807, 2.05) is 30.3 Å². The number of anilines is 1. The van der Waals surface area contributed by atoms with Gasteiger partial charge in [-0.05, 0) is 54.1 Å². The van der Waals surface area contributed by atoms with Crippen molar-refractivity contribution in [3.63, 3.8) is 0 Å². The summed E-state index contributed by atoms with van der Waals surface area (Å²) >= 11 is 3.98. The van der Waals surface area contributed by atoms with Gasteiger partial charge in [-0.25, -0.2) is 10.2 Å². The number of urea groups is 1. The third kappa shape index (κ3) is 1.40. The van der Waals surface area contributed by atoms with E-state index >= 15 is 0 Å². The van der Waals surface area contributed by atoms with Crippen molar-refractivity contribution in [2.24, 2.45) is 52.4 Å². The van der Waals surface area contributed by atoms with Crippen LogP contribution in [0.25, 0.3) is 0 Å². The minimum atomic E-state index is -0.238. The molecule has 0 aliphatic heterocycles. The Bertz CT molecular complexity index is 733. The monoisotopic (exact) mass is 371 g/mol. The predicted molar refractivity (Wildman–Crippen MR) is 91.3 cm³/mol. The van der Waals surface area contributed by atoms with E-state index in [9.17, 15) is 4.79 Å². The van der Waals surface area contributed by atoms with E-state index in [-0.39, 0.29) is 6.03 Å². The van der Waals surface area contributed by atoms with Crippen LogP contribution in [-0.2, 0) is 0 Å². The van der Waals surface area contributed by atoms with E-state index in [1.54, 1.807) is 0 Å². The van der Waals surface area contributed by atoms with Gasteiger partial charge in [-0.3, -0.25) is 0 Å². The van der Waals surface area contributed by atoms with E-state index in [0.717, 1.165) is 41.2 Å². The molecule has 6 aliphatic carbocycles. The van der Waals surface area contributed by atoms with Crippen LogP contribution in [0.2, 0.25) is 0 Å². The fraction of sp³-hybridized carbons (Fsp3) is 0.556. The molecule has 9 atom stereocenters. The zero-order chi connectivity index (χ0) is 15.3. The molecule has 1 aromatic carbocycles. The molecule has 0 saturated heterocycles. The second-order valence-electron chi connectivity index (χ2n) is 7.84. The zero-order valence-corrected chi connectivity index (χ0v) is 14.1. The first kappa shape index (κ1) is 13.0. The van der Waals surface area contributed by atoms with Crippen molar-refractivity contribution in [1.29, 1.82) is 0 Å². The molecule has 118 valence electrons. The fourth-order valence-corrected chi connectivity index (χ4v) is 8.60. The number of halogens is 1. The Morgan fingerprint density at radius 2 is 1.83 bits per heavy atom. The highest BCUT2D eigenvalue weighted by molar-refractivity contribution is 9.09. The van der Waals surface area contributed by atoms with Gasteiger partial charge in [0.15, 0.2) is 0 Å². The molecule has 0 heterocycles. The normalized spacial score (nSPS) is 51.3. The predicted octanol–water partition coefficient (Wildman–Crippen LogP) is 3.32. The van der Waals surface area contributed by atoms with Crippen LogP contribution in [-0.4, -0.2) is 16.6 Å². The Labute approximate surface area is 143 Å². The van der Waals surface area contributed by atoms with Crippen LogP contribution in [0.1, 0.15) is 6.42 Å². The molecule has 4 nitrogen and oxygen atoms in total. The molecule has 7 rings (SSSR count). The molecule has 2 N–H and O–H groups in total. The Morgan fingerprint density at radius 3 is 2.61 bits per heavy atom. The van der Waals surface area contributed by atoms with Gasteiger partial charge >= 0.3 is 6.03 Å². The van der Waals surface area contributed by atoms with Crippen molar-refractivity contribution >= 4 is 33.4 Å². The smallest absolute Gasteiger partial charge is 0.307 e. The van der Waals surface area contributed by atoms with Crippen molar-refractivity contribution in [2.75, 3.05) is 5.32 Å². The molecule has 0 spiro atoms. The quantitative estimate of drug-likeness (QED) is 0.607. The van der Waals surface area contributed by atoms with E-state index in [1.165, 1.54) is 12.1 Å². The number of amides is 2. The number of benzene rings is 1. The summed E-state index contributed by atoms with van der Waals surface area (Å²) in [6.07, 6.45) is 1.41. The number of hydrazone groups is 1. The van der Waals surface area contributed by atoms with E-state index in [0.29, 0.717) is 16.7 Å². The summed E-state index contributed by atoms with van der Waals surface area (Å²) in [7, 11) is 0. The molecule has 0 unspecified atom stereocenters. The molecule has 1 aromatic rings. The Hall–Kier alpha value is -1.36. The molecule has 6 saturated carbocycles. The van der Waals surface area contributed by atoms with Crippen molar-refractivity contribution < 1.29 is 4.79 Å². The number of hydrogen-bond acceptors (Lipinski definition) is 2. The molecule has 0 aromatic heterocycles. The Balaban J connectivity index is 1.24. The summed E-state index contributed by atoms with van der Waals surface area (Å²) in [5.74, 6) is 6.47. The fourth-order valence-electron chi connectivity index (χ4n) is 7.17. The lowest BCUT2D eigenvalue weighted by Crippen LogP contribution is -2.30. The van der Waals surface area contributed by atoms with E-state index in [4.69, 9.17) is 0 Å². The highest BCUT2D eigenvalue weighted by Gasteiger charge is 2.82. The van der Waals surface area contributed by atoms with Gasteiger partial charge in [0.25, 0.3) is 0 Å². The third-order valence-electron chi connectivity index (χ3n) is 7.36. The minimum Gasteiger partial charge on any atom is -0.307 e. The summed E-state index contributed by atoms with van der Waals surface area (Å²) in [6.45, 7) is 0. The van der Waals surface area contributed by atoms with Crippen LogP contribution in [0.4, 0.5) is 10.5 Å². The van der Waals surface area contributed by atoms with Gasteiger partial charge in [0.1, 0.15) is 0 Å². The van der Waals surface area contributed by atoms with Crippen LogP contribution in [0.3, 0.4) is 0 Å². The van der Waals surface area contributed by atoms with Crippen LogP contribution in [0.5, 0.6) is 0 Å². The SMILES string of the molecule is O=C(N/N=C1/[C@H]2[C@@H]3C[C@@H]4[C@@H]5[C@@H](Br)[C@H]([C@H]1[C@H]35)[C@@H]42)Nc1ccccc1. The molecule has 2 amide bonds. The van der Waals surface area contributed by atoms with Gasteiger partial charge in [-0.1, -0.05) is 34.1 Å². The average molecular weight is 372 g/mol. The number of nitrogens with one attached hydrogen (secondary N) is 2. The molecule has 6 aliphatic rings. The second kappa shape index (κ2) is 4.18. The summed E-state index contributed by atoms with van der Waals surface area (Å²) in [5.41, 5.74) is 4.86. The summed E-state index contributed by atoms with van der Waals surface area (Å²) in [4.78, 5) is 12.8. The van der Waals surface area contributed by atoms with Crippen LogP contribution < -0.4 is 10.7 Å². The Kier molecular flexibility index (Phi) is 2.36. The minimum absolute atomic E-state index is 0.238. The summed E-state index contributed by atoms with van der Waals surface area (Å²) in [6, 6.07) is 9.28. The van der Waals surface area contributed by atoms with Crippen molar-refractivity contribution in [3.8, 4) is 0 Å². The number of rotatable bonds is 2. The average Bonchev–Trinajstić information content (AvgIpc) is 3.28. The lowest BCUT2D eigenvalue weighted by atomic mass is 9.71. The highest BCUT2D eigenvalue weighted by atomic mass is 79.9. The largest absolute Gasteiger partial charge is 0.339 e. The van der Waals surface area contributed by atoms with Gasteiger partial charge in [0.05, 0.1) is 0 Å². The molecular weight excluding hydrogens is 354 g/mol. The van der Waals surface area contributed by atoms with E-state index in [2.05, 4.69) is 31.8 Å². The van der Waals surface area contributed by atoms with Crippen molar-refractivity contribution in [3.05, 3.63) is 30.3 Å². The molecule has 5 heteroatoms. The molecule has 6 bridgehead atoms. The van der Waals surface area contributed by atoms with E-state index < -0.39 is 0 Å². The van der Waals surface area contributed by atoms with Crippen molar-refractivity contribution in [2.45, 2.75) is 11.2 Å². The van der Waals surface area contributed by atoms with Gasteiger partial charge in [-0.2, -0.15) is 5.10 Å². The molecular formula is C18H18BrN3O. The second-order valence-corrected chi connectivity index (χ2v) is 8.89. The van der Waals surface area contributed by atoms with Crippen LogP contribution >= 0.6 is 15.9 Å². The first-order chi connectivity index (χ1) is 11.3. The first-order valence-electron chi connectivity index (χ1n) is 8.59. The van der Waals surface area contributed by atoms with Crippen molar-refractivity contribution in [1.82, 2.24) is 5.43 Å². The zero-order valence-electron chi connectivity index (χ0n) is 12.5. The lowest BCUT2D eigenvalue weighted by molar-refractivity contribution is 0.132. The Morgan fingerprint density at radius 1 is 1.04 bits per heavy atom. The van der Waals surface area contributed by atoms with Crippen LogP contribution in [0, 0.1) is 47.3 Å². The number of hydrogen-bond donors (Lipinski definition) is 2. The summed E-state index contributed by atoms with van der Waals surface area (Å²) < 4.78 is 0. The van der Waals surface area contributed by atoms with Gasteiger partial charge in [-0.15, -0.1) is 0 Å². The van der Waals surface area contributed by atoms with Crippen LogP contribution in [0.15, 0.2) is 35.4 Å². The number of carbonyl (C=O) groups is 1. The summed E-state index contributed by atoms with van der Waals surface area (Å²) in [5, 5.41) is 7.45. The van der Waals surface area contributed by atoms with Gasteiger partial charge in [0, 0.05) is 28.1 Å². The topological polar surface area (TPSA) is 53.5 Å². The number of carbonyl (C=O) groups excluding carboxylic acids is 1. The lowest BCUT2D eigenvalue weighted by Gasteiger charge is -2.32. The molecule has 6 fully saturated rings. The third-order valence-corrected chi connectivity index (χ3v) is 8.58. The van der Waals surface area contributed by atoms with Gasteiger partial charge < -0.3 is 5.32 Å². The highest BCUT2D eigenvalue weighted by Crippen LogP contribution is 2.82. The maximum absolute atomic E-state index is 12.1. The maximum Gasteiger partial charge on any atom is 0.339 e. The van der Waals surface area contributed by atoms with Gasteiger partial charge in [0.2, 0.25) is 0 Å². The first-order valence-corrected chi connectivity index (χ1v) is 9.51. The standard InChI is InChI=1S/C18H18BrN3O/c19-16-12-8-6-9-10(12)15-14(16)11(8)13(9)17(15)21-22-18(23)20-7-4-2-1-3-5-7/h1-5,8-16H,6H2,(H2,20,22,23)/b21-17-/t8-,9+,10+,11-,12-,13-,14-,15+,16+/m0/s1. The number of para-hydroxylation sites is 1. The molecule has 0 radical (unpaired) electrons. The molecule has 23 heavy (non-hydrogen) atoms. The number of alkyl halides is 1. The number of nitrogens with zero attached hydrogens (tertiary/aromatic N) is 1.